The summed E-state index contributed by atoms with van der Waals surface area (Å²) in [6.07, 6.45) is -1.30. The summed E-state index contributed by atoms with van der Waals surface area (Å²) >= 11 is 0. The molecule has 0 amide bonds. The lowest BCUT2D eigenvalue weighted by Gasteiger charge is -2.44. The molecule has 5 atom stereocenters. The van der Waals surface area contributed by atoms with E-state index in [0.29, 0.717) is 29.9 Å². The first-order chi connectivity index (χ1) is 21.0. The highest BCUT2D eigenvalue weighted by Crippen LogP contribution is 2.33. The van der Waals surface area contributed by atoms with Gasteiger partial charge in [0.2, 0.25) is 0 Å². The number of hydrogen-bond donors (Lipinski definition) is 0. The van der Waals surface area contributed by atoms with E-state index in [4.69, 9.17) is 28.4 Å². The van der Waals surface area contributed by atoms with Crippen LogP contribution < -0.4 is 0 Å². The molecule has 9 nitrogen and oxygen atoms in total. The van der Waals surface area contributed by atoms with Crippen LogP contribution in [0.25, 0.3) is 0 Å². The average molecular weight is 591 g/mol. The lowest BCUT2D eigenvalue weighted by molar-refractivity contribution is -0.281. The van der Waals surface area contributed by atoms with E-state index >= 15 is 0 Å². The highest BCUT2D eigenvalue weighted by Gasteiger charge is 2.49. The van der Waals surface area contributed by atoms with Crippen LogP contribution in [-0.4, -0.2) is 69.4 Å². The van der Waals surface area contributed by atoms with Crippen molar-refractivity contribution in [3.8, 4) is 0 Å². The molecule has 0 spiro atoms. The van der Waals surface area contributed by atoms with Crippen molar-refractivity contribution in [3.63, 3.8) is 0 Å². The second-order valence-electron chi connectivity index (χ2n) is 10.3. The van der Waals surface area contributed by atoms with Gasteiger partial charge >= 0.3 is 17.9 Å². The van der Waals surface area contributed by atoms with Gasteiger partial charge in [0, 0.05) is 26.2 Å². The Balaban J connectivity index is 1.58. The summed E-state index contributed by atoms with van der Waals surface area (Å²) in [6.45, 7) is 2.61. The molecule has 0 radical (unpaired) electrons. The number of rotatable bonds is 14. The van der Waals surface area contributed by atoms with Crippen LogP contribution in [0.15, 0.2) is 91.0 Å². The first-order valence-corrected chi connectivity index (χ1v) is 14.5. The lowest BCUT2D eigenvalue weighted by atomic mass is 9.91. The first-order valence-electron chi connectivity index (χ1n) is 14.5. The van der Waals surface area contributed by atoms with Crippen molar-refractivity contribution in [2.45, 2.75) is 50.8 Å². The van der Waals surface area contributed by atoms with Gasteiger partial charge < -0.3 is 28.4 Å². The zero-order valence-electron chi connectivity index (χ0n) is 24.5. The number of esters is 3. The minimum Gasteiger partial charge on any atom is -0.459 e. The molecule has 3 aromatic rings. The average Bonchev–Trinajstić information content (AvgIpc) is 3.05. The van der Waals surface area contributed by atoms with Crippen molar-refractivity contribution < 1.29 is 42.8 Å². The van der Waals surface area contributed by atoms with Gasteiger partial charge in [-0.15, -0.1) is 0 Å². The molecule has 0 saturated carbocycles. The highest BCUT2D eigenvalue weighted by atomic mass is 16.7. The lowest BCUT2D eigenvalue weighted by Crippen LogP contribution is -2.58. The molecule has 1 fully saturated rings. The molecule has 4 rings (SSSR count). The Labute approximate surface area is 252 Å². The van der Waals surface area contributed by atoms with E-state index < -0.39 is 48.4 Å². The number of unbranched alkanes of at least 4 members (excludes halogenated alkanes) is 2. The maximum atomic E-state index is 13.2. The van der Waals surface area contributed by atoms with E-state index in [1.165, 1.54) is 0 Å². The molecule has 0 bridgehead atoms. The van der Waals surface area contributed by atoms with Crippen LogP contribution >= 0.6 is 0 Å². The Morgan fingerprint density at radius 3 is 1.67 bits per heavy atom. The second-order valence-corrected chi connectivity index (χ2v) is 10.3. The zero-order valence-corrected chi connectivity index (χ0v) is 24.5. The van der Waals surface area contributed by atoms with E-state index in [1.807, 2.05) is 6.92 Å². The van der Waals surface area contributed by atoms with Crippen molar-refractivity contribution in [1.82, 2.24) is 0 Å². The van der Waals surface area contributed by atoms with Crippen molar-refractivity contribution >= 4 is 17.9 Å². The van der Waals surface area contributed by atoms with Crippen molar-refractivity contribution in [1.29, 1.82) is 0 Å². The van der Waals surface area contributed by atoms with Crippen LogP contribution in [0, 0.1) is 5.92 Å². The van der Waals surface area contributed by atoms with Gasteiger partial charge in [-0.2, -0.15) is 0 Å². The highest BCUT2D eigenvalue weighted by molar-refractivity contribution is 5.90. The minimum absolute atomic E-state index is 0.264. The number of hydrogen-bond acceptors (Lipinski definition) is 9. The summed E-state index contributed by atoms with van der Waals surface area (Å²) in [7, 11) is 1.66. The van der Waals surface area contributed by atoms with Gasteiger partial charge in [-0.1, -0.05) is 61.5 Å². The summed E-state index contributed by atoms with van der Waals surface area (Å²) in [5, 5.41) is 0. The van der Waals surface area contributed by atoms with Gasteiger partial charge in [-0.3, -0.25) is 0 Å². The maximum Gasteiger partial charge on any atom is 0.338 e. The Kier molecular flexibility index (Phi) is 12.3. The normalized spacial score (nSPS) is 21.5. The predicted molar refractivity (Wildman–Crippen MR) is 158 cm³/mol. The van der Waals surface area contributed by atoms with Gasteiger partial charge in [-0.25, -0.2) is 14.4 Å². The first kappa shape index (κ1) is 31.9. The summed E-state index contributed by atoms with van der Waals surface area (Å²) in [4.78, 5) is 39.3. The molecule has 1 aliphatic rings. The van der Waals surface area contributed by atoms with Gasteiger partial charge in [0.15, 0.2) is 12.4 Å². The van der Waals surface area contributed by atoms with Crippen LogP contribution in [-0.2, 0) is 28.4 Å². The summed E-state index contributed by atoms with van der Waals surface area (Å²) in [5.41, 5.74) is 1.02. The fourth-order valence-corrected chi connectivity index (χ4v) is 4.75. The standard InChI is InChI=1S/C34H38O9/c1-24-29(42-32(36)26-17-9-4-10-18-26)30(43-33(37)27-19-11-5-12-20-27)28(23-40-31(35)25-15-7-3-8-16-25)41-34(24)39-22-14-6-13-21-38-2/h3-5,7-12,15-20,24,28-30,34H,6,13-14,21-23H2,1-2H3/t24-,28?,29?,30-,34+/m0/s1. The largest absolute Gasteiger partial charge is 0.459 e. The minimum atomic E-state index is -1.10. The van der Waals surface area contributed by atoms with E-state index in [2.05, 4.69) is 0 Å². The quantitative estimate of drug-likeness (QED) is 0.137. The number of methoxy groups -OCH3 is 1. The zero-order chi connectivity index (χ0) is 30.4. The van der Waals surface area contributed by atoms with E-state index in [-0.39, 0.29) is 6.61 Å². The van der Waals surface area contributed by atoms with Crippen LogP contribution in [0.4, 0.5) is 0 Å². The van der Waals surface area contributed by atoms with E-state index in [1.54, 1.807) is 98.1 Å². The van der Waals surface area contributed by atoms with Gasteiger partial charge in [0.05, 0.1) is 16.7 Å². The van der Waals surface area contributed by atoms with Crippen molar-refractivity contribution in [2.24, 2.45) is 5.92 Å². The summed E-state index contributed by atoms with van der Waals surface area (Å²) < 4.78 is 35.1. The molecule has 1 heterocycles. The number of benzene rings is 3. The van der Waals surface area contributed by atoms with Crippen LogP contribution in [0.5, 0.6) is 0 Å². The number of carbonyl (C=O) groups excluding carboxylic acids is 3. The Morgan fingerprint density at radius 2 is 1.14 bits per heavy atom. The van der Waals surface area contributed by atoms with Crippen molar-refractivity contribution in [3.05, 3.63) is 108 Å². The molecular formula is C34H38O9. The monoisotopic (exact) mass is 590 g/mol. The van der Waals surface area contributed by atoms with Gasteiger partial charge in [0.1, 0.15) is 18.8 Å². The second kappa shape index (κ2) is 16.6. The molecule has 9 heteroatoms. The fraction of sp³-hybridized carbons (Fsp3) is 0.382. The number of carbonyl (C=O) groups is 3. The maximum absolute atomic E-state index is 13.2. The Bertz CT molecular complexity index is 1280. The van der Waals surface area contributed by atoms with Crippen molar-refractivity contribution in [2.75, 3.05) is 26.9 Å². The molecule has 0 aromatic heterocycles. The molecular weight excluding hydrogens is 552 g/mol. The van der Waals surface area contributed by atoms with Crippen LogP contribution in [0.1, 0.15) is 57.3 Å². The Hall–Kier alpha value is -4.05. The van der Waals surface area contributed by atoms with Gasteiger partial charge in [-0.05, 0) is 55.7 Å². The van der Waals surface area contributed by atoms with Gasteiger partial charge in [0.25, 0.3) is 0 Å². The molecule has 1 aliphatic heterocycles. The third-order valence-corrected chi connectivity index (χ3v) is 7.11. The predicted octanol–water partition coefficient (Wildman–Crippen LogP) is 5.49. The third-order valence-electron chi connectivity index (χ3n) is 7.11. The smallest absolute Gasteiger partial charge is 0.338 e. The SMILES string of the molecule is COCCCCCO[C@@H]1OC(COC(=O)c2ccccc2)[C@H](OC(=O)c2ccccc2)C(OC(=O)c2ccccc2)[C@@H]1C. The van der Waals surface area contributed by atoms with E-state index in [0.717, 1.165) is 19.3 Å². The molecule has 1 saturated heterocycles. The Morgan fingerprint density at radius 1 is 0.651 bits per heavy atom. The topological polar surface area (TPSA) is 107 Å². The van der Waals surface area contributed by atoms with Crippen LogP contribution in [0.3, 0.4) is 0 Å². The van der Waals surface area contributed by atoms with E-state index in [9.17, 15) is 14.4 Å². The molecule has 0 aliphatic carbocycles. The molecule has 228 valence electrons. The number of ether oxygens (including phenoxy) is 6. The molecule has 43 heavy (non-hydrogen) atoms. The third kappa shape index (κ3) is 9.22. The summed E-state index contributed by atoms with van der Waals surface area (Å²) in [6, 6.07) is 25.6. The van der Waals surface area contributed by atoms with Crippen LogP contribution in [0.2, 0.25) is 0 Å². The fourth-order valence-electron chi connectivity index (χ4n) is 4.75. The molecule has 3 aromatic carbocycles. The molecule has 2 unspecified atom stereocenters. The molecule has 0 N–H and O–H groups in total. The summed E-state index contributed by atoms with van der Waals surface area (Å²) in [5.74, 6) is -2.30.